The number of nitrogens with zero attached hydrogens (tertiary/aromatic N) is 2. The fraction of sp³-hybridized carbons (Fsp3) is 0.571. The van der Waals surface area contributed by atoms with Gasteiger partial charge < -0.3 is 5.32 Å². The standard InChI is InChI=1S/C14H19N3O4S/c1-16(13-8-10-2-3-11(9-13)15-10)22(20,21)14-6-4-12(5-7-14)17(18)19/h4-7,10-11,13,15H,2-3,8-9H2,1H3. The molecule has 2 bridgehead atoms. The molecule has 8 heteroatoms. The molecule has 1 aromatic carbocycles. The number of non-ortho nitro benzene ring substituents is 1. The normalized spacial score (nSPS) is 28.0. The smallest absolute Gasteiger partial charge is 0.269 e. The third-order valence-electron chi connectivity index (χ3n) is 4.69. The summed E-state index contributed by atoms with van der Waals surface area (Å²) >= 11 is 0. The molecule has 2 fully saturated rings. The van der Waals surface area contributed by atoms with Crippen molar-refractivity contribution in [1.82, 2.24) is 9.62 Å². The van der Waals surface area contributed by atoms with Gasteiger partial charge >= 0.3 is 0 Å². The molecule has 0 radical (unpaired) electrons. The van der Waals surface area contributed by atoms with Crippen LogP contribution in [0, 0.1) is 10.1 Å². The summed E-state index contributed by atoms with van der Waals surface area (Å²) in [4.78, 5) is 10.2. The van der Waals surface area contributed by atoms with E-state index in [4.69, 9.17) is 0 Å². The van der Waals surface area contributed by atoms with Gasteiger partial charge in [0.25, 0.3) is 5.69 Å². The van der Waals surface area contributed by atoms with E-state index in [0.29, 0.717) is 12.1 Å². The van der Waals surface area contributed by atoms with E-state index in [1.165, 1.54) is 28.6 Å². The van der Waals surface area contributed by atoms with Crippen LogP contribution in [0.1, 0.15) is 25.7 Å². The van der Waals surface area contributed by atoms with E-state index < -0.39 is 14.9 Å². The zero-order valence-electron chi connectivity index (χ0n) is 12.3. The Labute approximate surface area is 129 Å². The van der Waals surface area contributed by atoms with Gasteiger partial charge in [-0.15, -0.1) is 0 Å². The van der Waals surface area contributed by atoms with Gasteiger partial charge in [0.05, 0.1) is 9.82 Å². The van der Waals surface area contributed by atoms with Crippen molar-refractivity contribution in [2.75, 3.05) is 7.05 Å². The molecule has 2 aliphatic heterocycles. The predicted molar refractivity (Wildman–Crippen MR) is 81.0 cm³/mol. The molecule has 2 aliphatic rings. The van der Waals surface area contributed by atoms with E-state index in [1.54, 1.807) is 7.05 Å². The van der Waals surface area contributed by atoms with Crippen molar-refractivity contribution in [2.45, 2.75) is 48.7 Å². The lowest BCUT2D eigenvalue weighted by molar-refractivity contribution is -0.384. The van der Waals surface area contributed by atoms with E-state index in [1.807, 2.05) is 0 Å². The van der Waals surface area contributed by atoms with Gasteiger partial charge in [0, 0.05) is 37.3 Å². The van der Waals surface area contributed by atoms with Crippen LogP contribution in [0.15, 0.2) is 29.2 Å². The SMILES string of the molecule is CN(C1CC2CCC(C1)N2)S(=O)(=O)c1ccc([N+](=O)[O-])cc1. The molecule has 2 unspecified atom stereocenters. The topological polar surface area (TPSA) is 92.6 Å². The van der Waals surface area contributed by atoms with Crippen molar-refractivity contribution in [2.24, 2.45) is 0 Å². The van der Waals surface area contributed by atoms with Crippen LogP contribution in [-0.4, -0.2) is 42.8 Å². The molecule has 22 heavy (non-hydrogen) atoms. The molecule has 2 atom stereocenters. The highest BCUT2D eigenvalue weighted by molar-refractivity contribution is 7.89. The Morgan fingerprint density at radius 2 is 1.73 bits per heavy atom. The van der Waals surface area contributed by atoms with Crippen molar-refractivity contribution in [3.05, 3.63) is 34.4 Å². The molecule has 1 aromatic rings. The van der Waals surface area contributed by atoms with Gasteiger partial charge in [0.1, 0.15) is 0 Å². The van der Waals surface area contributed by atoms with E-state index in [0.717, 1.165) is 25.7 Å². The maximum Gasteiger partial charge on any atom is 0.269 e. The van der Waals surface area contributed by atoms with Crippen molar-refractivity contribution in [3.63, 3.8) is 0 Å². The summed E-state index contributed by atoms with van der Waals surface area (Å²) in [5.74, 6) is 0. The number of fused-ring (bicyclic) bond motifs is 2. The van der Waals surface area contributed by atoms with Crippen LogP contribution < -0.4 is 5.32 Å². The Morgan fingerprint density at radius 3 is 2.23 bits per heavy atom. The number of rotatable bonds is 4. The Kier molecular flexibility index (Phi) is 3.92. The van der Waals surface area contributed by atoms with Gasteiger partial charge in [-0.05, 0) is 37.8 Å². The number of nitro groups is 1. The number of nitrogens with one attached hydrogen (secondary N) is 1. The molecule has 0 amide bonds. The zero-order chi connectivity index (χ0) is 15.9. The van der Waals surface area contributed by atoms with Crippen LogP contribution in [0.4, 0.5) is 5.69 Å². The van der Waals surface area contributed by atoms with E-state index in [-0.39, 0.29) is 16.6 Å². The van der Waals surface area contributed by atoms with Crippen molar-refractivity contribution >= 4 is 15.7 Å². The fourth-order valence-corrected chi connectivity index (χ4v) is 4.80. The largest absolute Gasteiger partial charge is 0.311 e. The number of sulfonamides is 1. The van der Waals surface area contributed by atoms with E-state index in [9.17, 15) is 18.5 Å². The Morgan fingerprint density at radius 1 is 1.18 bits per heavy atom. The monoisotopic (exact) mass is 325 g/mol. The lowest BCUT2D eigenvalue weighted by atomic mass is 10.0. The third kappa shape index (κ3) is 2.73. The molecule has 0 aromatic heterocycles. The summed E-state index contributed by atoms with van der Waals surface area (Å²) in [5.41, 5.74) is -0.110. The van der Waals surface area contributed by atoms with Crippen LogP contribution >= 0.6 is 0 Å². The maximum absolute atomic E-state index is 12.7. The van der Waals surface area contributed by atoms with Crippen LogP contribution in [-0.2, 0) is 10.0 Å². The molecule has 0 aliphatic carbocycles. The zero-order valence-corrected chi connectivity index (χ0v) is 13.1. The second-order valence-electron chi connectivity index (χ2n) is 6.04. The first kappa shape index (κ1) is 15.4. The van der Waals surface area contributed by atoms with Gasteiger partial charge in [0.15, 0.2) is 0 Å². The highest BCUT2D eigenvalue weighted by Gasteiger charge is 2.38. The molecule has 0 spiro atoms. The first-order valence-electron chi connectivity index (χ1n) is 7.36. The summed E-state index contributed by atoms with van der Waals surface area (Å²) in [6.07, 6.45) is 3.84. The molecular weight excluding hydrogens is 306 g/mol. The number of hydrogen-bond acceptors (Lipinski definition) is 5. The number of benzene rings is 1. The van der Waals surface area contributed by atoms with Crippen LogP contribution in [0.5, 0.6) is 0 Å². The first-order valence-corrected chi connectivity index (χ1v) is 8.80. The summed E-state index contributed by atoms with van der Waals surface area (Å²) in [6.45, 7) is 0. The van der Waals surface area contributed by atoms with Crippen LogP contribution in [0.25, 0.3) is 0 Å². The fourth-order valence-electron chi connectivity index (χ4n) is 3.43. The third-order valence-corrected chi connectivity index (χ3v) is 6.61. The highest BCUT2D eigenvalue weighted by Crippen LogP contribution is 2.31. The number of hydrogen-bond donors (Lipinski definition) is 1. The van der Waals surface area contributed by atoms with Gasteiger partial charge in [-0.25, -0.2) is 8.42 Å². The van der Waals surface area contributed by atoms with Gasteiger partial charge in [0.2, 0.25) is 10.0 Å². The van der Waals surface area contributed by atoms with Crippen molar-refractivity contribution in [1.29, 1.82) is 0 Å². The Balaban J connectivity index is 1.81. The minimum atomic E-state index is -3.62. The minimum Gasteiger partial charge on any atom is -0.311 e. The summed E-state index contributed by atoms with van der Waals surface area (Å²) in [6, 6.07) is 5.86. The lowest BCUT2D eigenvalue weighted by Crippen LogP contribution is -2.48. The average molecular weight is 325 g/mol. The minimum absolute atomic E-state index is 0.0149. The van der Waals surface area contributed by atoms with Crippen LogP contribution in [0.3, 0.4) is 0 Å². The van der Waals surface area contributed by atoms with Gasteiger partial charge in [-0.2, -0.15) is 4.31 Å². The second kappa shape index (κ2) is 5.60. The van der Waals surface area contributed by atoms with E-state index >= 15 is 0 Å². The van der Waals surface area contributed by atoms with Crippen LogP contribution in [0.2, 0.25) is 0 Å². The molecule has 2 heterocycles. The van der Waals surface area contributed by atoms with Gasteiger partial charge in [-0.3, -0.25) is 10.1 Å². The summed E-state index contributed by atoms with van der Waals surface area (Å²) in [5, 5.41) is 14.2. The second-order valence-corrected chi connectivity index (χ2v) is 8.03. The van der Waals surface area contributed by atoms with E-state index in [2.05, 4.69) is 5.32 Å². The molecule has 1 N–H and O–H groups in total. The molecule has 7 nitrogen and oxygen atoms in total. The van der Waals surface area contributed by atoms with Crippen molar-refractivity contribution < 1.29 is 13.3 Å². The Bertz CT molecular complexity index is 662. The number of nitro benzene ring substituents is 1. The predicted octanol–water partition coefficient (Wildman–Crippen LogP) is 1.50. The summed E-state index contributed by atoms with van der Waals surface area (Å²) < 4.78 is 26.8. The quantitative estimate of drug-likeness (QED) is 0.669. The summed E-state index contributed by atoms with van der Waals surface area (Å²) in [7, 11) is -2.01. The lowest BCUT2D eigenvalue weighted by Gasteiger charge is -2.34. The molecule has 120 valence electrons. The molecular formula is C14H19N3O4S. The number of piperidine rings is 1. The first-order chi connectivity index (χ1) is 10.4. The maximum atomic E-state index is 12.7. The molecule has 2 saturated heterocycles. The van der Waals surface area contributed by atoms with Crippen molar-refractivity contribution in [3.8, 4) is 0 Å². The average Bonchev–Trinajstić information content (AvgIpc) is 2.84. The molecule has 0 saturated carbocycles. The van der Waals surface area contributed by atoms with Gasteiger partial charge in [-0.1, -0.05) is 0 Å². The Hall–Kier alpha value is -1.51. The highest BCUT2D eigenvalue weighted by atomic mass is 32.2. The molecule has 3 rings (SSSR count).